The molecule has 1 aliphatic rings. The summed E-state index contributed by atoms with van der Waals surface area (Å²) in [5, 5.41) is 4.77. The lowest BCUT2D eigenvalue weighted by Gasteiger charge is -2.32. The monoisotopic (exact) mass is 600 g/mol. The molecule has 1 aliphatic carbocycles. The Morgan fingerprint density at radius 2 is 1.49 bits per heavy atom. The van der Waals surface area contributed by atoms with Gasteiger partial charge in [0.15, 0.2) is 0 Å². The van der Waals surface area contributed by atoms with Crippen LogP contribution in [0, 0.1) is 6.92 Å². The summed E-state index contributed by atoms with van der Waals surface area (Å²) < 4.78 is 6.99. The number of carbonyl (C=O) groups is 1. The number of ether oxygens (including phenoxy) is 1. The number of nitrogens with zero attached hydrogens (tertiary/aromatic N) is 3. The number of urea groups is 1. The number of hydrogen-bond acceptors (Lipinski definition) is 6. The van der Waals surface area contributed by atoms with Crippen LogP contribution < -0.4 is 10.1 Å². The second kappa shape index (κ2) is 13.5. The van der Waals surface area contributed by atoms with Crippen molar-refractivity contribution in [1.82, 2.24) is 14.9 Å². The molecule has 0 aliphatic heterocycles. The van der Waals surface area contributed by atoms with Crippen LogP contribution in [0.4, 0.5) is 10.5 Å². The van der Waals surface area contributed by atoms with Gasteiger partial charge < -0.3 is 15.0 Å². The summed E-state index contributed by atoms with van der Waals surface area (Å²) in [6.07, 6.45) is 10.7. The number of aryl methyl sites for hydroxylation is 1. The predicted octanol–water partition coefficient (Wildman–Crippen LogP) is 8.54. The highest BCUT2D eigenvalue weighted by Gasteiger charge is 2.27. The largest absolute Gasteiger partial charge is 0.457 e. The van der Waals surface area contributed by atoms with Crippen molar-refractivity contribution in [3.05, 3.63) is 64.4 Å². The predicted molar refractivity (Wildman–Crippen MR) is 157 cm³/mol. The number of carbonyl (C=O) groups excluding carboxylic acids is 1. The number of amides is 2. The highest BCUT2D eigenvalue weighted by molar-refractivity contribution is 9.10. The van der Waals surface area contributed by atoms with Gasteiger partial charge in [-0.1, -0.05) is 53.7 Å². The van der Waals surface area contributed by atoms with E-state index in [9.17, 15) is 4.79 Å². The van der Waals surface area contributed by atoms with Gasteiger partial charge in [0.25, 0.3) is 0 Å². The minimum absolute atomic E-state index is 0.0971. The molecule has 196 valence electrons. The summed E-state index contributed by atoms with van der Waals surface area (Å²) in [6.45, 7) is 2.41. The van der Waals surface area contributed by atoms with Crippen molar-refractivity contribution in [2.45, 2.75) is 68.1 Å². The number of thioether (sulfide) groups is 2. The van der Waals surface area contributed by atoms with Crippen molar-refractivity contribution in [2.75, 3.05) is 17.8 Å². The van der Waals surface area contributed by atoms with Gasteiger partial charge in [-0.05, 0) is 74.2 Å². The van der Waals surface area contributed by atoms with E-state index in [1.165, 1.54) is 36.4 Å². The fourth-order valence-electron chi connectivity index (χ4n) is 4.54. The Bertz CT molecular complexity index is 1160. The number of hydrogen-bond donors (Lipinski definition) is 1. The second-order valence-corrected chi connectivity index (χ2v) is 11.6. The molecule has 1 heterocycles. The number of halogens is 1. The van der Waals surface area contributed by atoms with Gasteiger partial charge in [-0.3, -0.25) is 0 Å². The van der Waals surface area contributed by atoms with Crippen LogP contribution >= 0.6 is 39.5 Å². The SMILES string of the molecule is CSc1nc(C)nc(SC)c1NC(=O)N(Cc1ccc(Oc2ccc(Br)cc2)cc1)C1CCCCCC1. The maximum absolute atomic E-state index is 13.8. The number of anilines is 1. The Labute approximate surface area is 236 Å². The molecular formula is C28H33BrN4O2S2. The number of aromatic nitrogens is 2. The molecule has 2 aromatic carbocycles. The highest BCUT2D eigenvalue weighted by atomic mass is 79.9. The van der Waals surface area contributed by atoms with E-state index in [0.29, 0.717) is 18.1 Å². The van der Waals surface area contributed by atoms with E-state index < -0.39 is 0 Å². The molecule has 2 amide bonds. The molecule has 0 spiro atoms. The van der Waals surface area contributed by atoms with Crippen LogP contribution in [0.3, 0.4) is 0 Å². The van der Waals surface area contributed by atoms with E-state index in [1.807, 2.05) is 72.9 Å². The van der Waals surface area contributed by atoms with Crippen molar-refractivity contribution in [3.63, 3.8) is 0 Å². The van der Waals surface area contributed by atoms with Gasteiger partial charge in [-0.2, -0.15) is 0 Å². The van der Waals surface area contributed by atoms with Crippen LogP contribution in [0.25, 0.3) is 0 Å². The summed E-state index contributed by atoms with van der Waals surface area (Å²) in [4.78, 5) is 24.9. The average molecular weight is 602 g/mol. The lowest BCUT2D eigenvalue weighted by atomic mass is 10.1. The number of nitrogens with one attached hydrogen (secondary N) is 1. The molecule has 9 heteroatoms. The molecule has 0 atom stereocenters. The van der Waals surface area contributed by atoms with E-state index in [0.717, 1.165) is 57.3 Å². The van der Waals surface area contributed by atoms with E-state index in [2.05, 4.69) is 31.2 Å². The third kappa shape index (κ3) is 7.65. The summed E-state index contributed by atoms with van der Waals surface area (Å²) in [5.74, 6) is 2.25. The highest BCUT2D eigenvalue weighted by Crippen LogP contribution is 2.33. The van der Waals surface area contributed by atoms with Crippen molar-refractivity contribution in [2.24, 2.45) is 0 Å². The normalized spacial score (nSPS) is 14.2. The van der Waals surface area contributed by atoms with E-state index in [1.54, 1.807) is 0 Å². The molecule has 0 saturated heterocycles. The molecule has 1 N–H and O–H groups in total. The summed E-state index contributed by atoms with van der Waals surface area (Å²) in [7, 11) is 0. The lowest BCUT2D eigenvalue weighted by Crippen LogP contribution is -2.42. The van der Waals surface area contributed by atoms with Crippen LogP contribution in [0.1, 0.15) is 49.9 Å². The third-order valence-corrected chi connectivity index (χ3v) is 8.32. The number of benzene rings is 2. The van der Waals surface area contributed by atoms with E-state index in [-0.39, 0.29) is 12.1 Å². The average Bonchev–Trinajstić information content (AvgIpc) is 3.19. The zero-order valence-electron chi connectivity index (χ0n) is 21.5. The molecule has 1 fully saturated rings. The zero-order chi connectivity index (χ0) is 26.2. The fourth-order valence-corrected chi connectivity index (χ4v) is 6.02. The Hall–Kier alpha value is -2.23. The molecular weight excluding hydrogens is 568 g/mol. The smallest absolute Gasteiger partial charge is 0.322 e. The first kappa shape index (κ1) is 27.8. The molecule has 37 heavy (non-hydrogen) atoms. The maximum Gasteiger partial charge on any atom is 0.322 e. The van der Waals surface area contributed by atoms with Crippen LogP contribution in [0.15, 0.2) is 63.1 Å². The summed E-state index contributed by atoms with van der Waals surface area (Å²) in [6, 6.07) is 15.9. The Morgan fingerprint density at radius 3 is 2.03 bits per heavy atom. The quantitative estimate of drug-likeness (QED) is 0.159. The van der Waals surface area contributed by atoms with Crippen LogP contribution in [-0.4, -0.2) is 39.5 Å². The first-order valence-corrected chi connectivity index (χ1v) is 15.8. The van der Waals surface area contributed by atoms with Gasteiger partial charge in [-0.15, -0.1) is 23.5 Å². The van der Waals surface area contributed by atoms with Crippen LogP contribution in [-0.2, 0) is 6.54 Å². The molecule has 1 saturated carbocycles. The molecule has 1 aromatic heterocycles. The lowest BCUT2D eigenvalue weighted by molar-refractivity contribution is 0.175. The molecule has 6 nitrogen and oxygen atoms in total. The standard InChI is InChI=1S/C28H33BrN4O2S2/c1-19-30-26(36-2)25(27(31-19)37-3)32-28(34)33(22-8-6-4-5-7-9-22)18-20-10-14-23(15-11-20)35-24-16-12-21(29)13-17-24/h10-17,22H,4-9,18H2,1-3H3,(H,32,34). The van der Waals surface area contributed by atoms with E-state index in [4.69, 9.17) is 4.74 Å². The van der Waals surface area contributed by atoms with Crippen molar-refractivity contribution in [1.29, 1.82) is 0 Å². The van der Waals surface area contributed by atoms with Gasteiger partial charge in [0.05, 0.1) is 0 Å². The molecule has 4 rings (SSSR count). The summed E-state index contributed by atoms with van der Waals surface area (Å²) >= 11 is 6.50. The minimum atomic E-state index is -0.0971. The van der Waals surface area contributed by atoms with Crippen LogP contribution in [0.2, 0.25) is 0 Å². The Balaban J connectivity index is 1.54. The van der Waals surface area contributed by atoms with Gasteiger partial charge in [-0.25, -0.2) is 14.8 Å². The minimum Gasteiger partial charge on any atom is -0.457 e. The second-order valence-electron chi connectivity index (χ2n) is 9.07. The first-order valence-electron chi connectivity index (χ1n) is 12.5. The molecule has 3 aromatic rings. The number of rotatable bonds is 8. The molecule has 0 radical (unpaired) electrons. The Kier molecular flexibility index (Phi) is 10.2. The summed E-state index contributed by atoms with van der Waals surface area (Å²) in [5.41, 5.74) is 1.77. The van der Waals surface area contributed by atoms with Gasteiger partial charge in [0.1, 0.15) is 33.1 Å². The van der Waals surface area contributed by atoms with Crippen molar-refractivity contribution >= 4 is 51.2 Å². The molecule has 0 unspecified atom stereocenters. The fraction of sp³-hybridized carbons (Fsp3) is 0.393. The first-order chi connectivity index (χ1) is 18.0. The zero-order valence-corrected chi connectivity index (χ0v) is 24.7. The maximum atomic E-state index is 13.8. The Morgan fingerprint density at radius 1 is 0.946 bits per heavy atom. The van der Waals surface area contributed by atoms with Gasteiger partial charge in [0.2, 0.25) is 0 Å². The third-order valence-electron chi connectivity index (χ3n) is 6.42. The van der Waals surface area contributed by atoms with Crippen LogP contribution in [0.5, 0.6) is 11.5 Å². The van der Waals surface area contributed by atoms with Crippen molar-refractivity contribution in [3.8, 4) is 11.5 Å². The van der Waals surface area contributed by atoms with Gasteiger partial charge in [0, 0.05) is 17.1 Å². The van der Waals surface area contributed by atoms with Gasteiger partial charge >= 0.3 is 6.03 Å². The molecule has 0 bridgehead atoms. The topological polar surface area (TPSA) is 67.4 Å². The van der Waals surface area contributed by atoms with E-state index >= 15 is 0 Å². The van der Waals surface area contributed by atoms with Crippen molar-refractivity contribution < 1.29 is 9.53 Å².